The van der Waals surface area contributed by atoms with Crippen LogP contribution in [0.25, 0.3) is 0 Å². The highest BCUT2D eigenvalue weighted by Crippen LogP contribution is 2.54. The summed E-state index contributed by atoms with van der Waals surface area (Å²) in [6.45, 7) is 2.84. The van der Waals surface area contributed by atoms with Crippen LogP contribution in [0.2, 0.25) is 0 Å². The summed E-state index contributed by atoms with van der Waals surface area (Å²) >= 11 is 0. The highest BCUT2D eigenvalue weighted by Gasteiger charge is 2.49. The Hall–Kier alpha value is -0.570. The molecule has 2 fully saturated rings. The van der Waals surface area contributed by atoms with Crippen molar-refractivity contribution in [3.05, 3.63) is 0 Å². The minimum absolute atomic E-state index is 0.122. The van der Waals surface area contributed by atoms with E-state index in [4.69, 9.17) is 4.74 Å². The van der Waals surface area contributed by atoms with Crippen LogP contribution in [0.5, 0.6) is 0 Å². The van der Waals surface area contributed by atoms with Crippen LogP contribution in [0.4, 0.5) is 0 Å². The first kappa shape index (κ1) is 9.00. The van der Waals surface area contributed by atoms with Gasteiger partial charge in [-0.05, 0) is 37.0 Å². The molecule has 0 aromatic heterocycles. The van der Waals surface area contributed by atoms with Crippen molar-refractivity contribution in [2.75, 3.05) is 6.79 Å². The Balaban J connectivity index is 1.84. The highest BCUT2D eigenvalue weighted by molar-refractivity contribution is 5.36. The molecule has 2 aliphatic rings. The molecule has 0 aromatic carbocycles. The lowest BCUT2D eigenvalue weighted by molar-refractivity contribution is -0.152. The standard InChI is InChI=1S/C10H16O3/c1-10-3-2-8(5-10)4-9(10)13-7-12-6-11/h6,8-9H,2-5,7H2,1H3. The molecular weight excluding hydrogens is 168 g/mol. The van der Waals surface area contributed by atoms with E-state index in [9.17, 15) is 4.79 Å². The topological polar surface area (TPSA) is 35.5 Å². The van der Waals surface area contributed by atoms with Gasteiger partial charge in [-0.3, -0.25) is 4.79 Å². The number of carbonyl (C=O) groups excluding carboxylic acids is 1. The molecule has 74 valence electrons. The molecule has 2 bridgehead atoms. The predicted octanol–water partition coefficient (Wildman–Crippen LogP) is 1.71. The van der Waals surface area contributed by atoms with Gasteiger partial charge in [-0.2, -0.15) is 0 Å². The van der Waals surface area contributed by atoms with E-state index in [1.807, 2.05) is 0 Å². The minimum Gasteiger partial charge on any atom is -0.441 e. The second-order valence-corrected chi connectivity index (χ2v) is 4.53. The smallest absolute Gasteiger partial charge is 0.295 e. The third-order valence-electron chi connectivity index (χ3n) is 3.61. The molecule has 0 radical (unpaired) electrons. The minimum atomic E-state index is 0.122. The summed E-state index contributed by atoms with van der Waals surface area (Å²) in [6, 6.07) is 0. The quantitative estimate of drug-likeness (QED) is 0.379. The molecule has 2 rings (SSSR count). The first-order valence-corrected chi connectivity index (χ1v) is 4.91. The van der Waals surface area contributed by atoms with E-state index in [0.29, 0.717) is 18.0 Å². The normalized spacial score (nSPS) is 42.2. The maximum Gasteiger partial charge on any atom is 0.295 e. The second kappa shape index (κ2) is 3.29. The van der Waals surface area contributed by atoms with E-state index < -0.39 is 0 Å². The Kier molecular flexibility index (Phi) is 2.28. The molecule has 0 aliphatic heterocycles. The fourth-order valence-electron chi connectivity index (χ4n) is 2.90. The summed E-state index contributed by atoms with van der Waals surface area (Å²) in [5.74, 6) is 0.853. The monoisotopic (exact) mass is 184 g/mol. The maximum absolute atomic E-state index is 9.92. The summed E-state index contributed by atoms with van der Waals surface area (Å²) in [5.41, 5.74) is 0.358. The maximum atomic E-state index is 9.92. The van der Waals surface area contributed by atoms with Gasteiger partial charge in [-0.25, -0.2) is 0 Å². The van der Waals surface area contributed by atoms with Gasteiger partial charge in [0.1, 0.15) is 0 Å². The zero-order valence-corrected chi connectivity index (χ0v) is 7.99. The van der Waals surface area contributed by atoms with Crippen LogP contribution in [0.1, 0.15) is 32.6 Å². The summed E-state index contributed by atoms with van der Waals surface area (Å²) < 4.78 is 10.1. The van der Waals surface area contributed by atoms with Gasteiger partial charge in [0, 0.05) is 0 Å². The lowest BCUT2D eigenvalue weighted by atomic mass is 9.84. The Morgan fingerprint density at radius 3 is 3.00 bits per heavy atom. The lowest BCUT2D eigenvalue weighted by Gasteiger charge is -2.30. The summed E-state index contributed by atoms with van der Waals surface area (Å²) in [5, 5.41) is 0. The van der Waals surface area contributed by atoms with Crippen molar-refractivity contribution in [2.24, 2.45) is 11.3 Å². The van der Waals surface area contributed by atoms with Gasteiger partial charge in [0.2, 0.25) is 0 Å². The van der Waals surface area contributed by atoms with Crippen molar-refractivity contribution in [1.29, 1.82) is 0 Å². The molecule has 3 heteroatoms. The SMILES string of the molecule is CC12CCC(CC1OCOC=O)C2. The number of carbonyl (C=O) groups is 1. The first-order chi connectivity index (χ1) is 6.24. The van der Waals surface area contributed by atoms with Crippen LogP contribution in [-0.4, -0.2) is 19.4 Å². The van der Waals surface area contributed by atoms with Gasteiger partial charge in [0.05, 0.1) is 6.10 Å². The fourth-order valence-corrected chi connectivity index (χ4v) is 2.90. The molecule has 13 heavy (non-hydrogen) atoms. The van der Waals surface area contributed by atoms with Gasteiger partial charge >= 0.3 is 0 Å². The van der Waals surface area contributed by atoms with Crippen molar-refractivity contribution in [3.63, 3.8) is 0 Å². The van der Waals surface area contributed by atoms with Crippen molar-refractivity contribution < 1.29 is 14.3 Å². The van der Waals surface area contributed by atoms with E-state index in [1.54, 1.807) is 0 Å². The average molecular weight is 184 g/mol. The summed E-state index contributed by atoms with van der Waals surface area (Å²) in [6.07, 6.45) is 5.37. The number of ether oxygens (including phenoxy) is 2. The van der Waals surface area contributed by atoms with Crippen LogP contribution < -0.4 is 0 Å². The lowest BCUT2D eigenvalue weighted by Crippen LogP contribution is -2.30. The van der Waals surface area contributed by atoms with E-state index in [2.05, 4.69) is 11.7 Å². The number of hydrogen-bond donors (Lipinski definition) is 0. The summed E-state index contributed by atoms with van der Waals surface area (Å²) in [4.78, 5) is 9.92. The van der Waals surface area contributed by atoms with E-state index in [-0.39, 0.29) is 6.79 Å². The molecule has 0 amide bonds. The van der Waals surface area contributed by atoms with E-state index in [0.717, 1.165) is 12.3 Å². The van der Waals surface area contributed by atoms with Gasteiger partial charge in [0.25, 0.3) is 6.47 Å². The fraction of sp³-hybridized carbons (Fsp3) is 0.900. The molecule has 3 unspecified atom stereocenters. The molecule has 3 nitrogen and oxygen atoms in total. The Morgan fingerprint density at radius 1 is 1.62 bits per heavy atom. The Morgan fingerprint density at radius 2 is 2.46 bits per heavy atom. The molecule has 0 N–H and O–H groups in total. The van der Waals surface area contributed by atoms with Crippen molar-refractivity contribution in [1.82, 2.24) is 0 Å². The molecular formula is C10H16O3. The summed E-state index contributed by atoms with van der Waals surface area (Å²) in [7, 11) is 0. The molecule has 0 aromatic rings. The van der Waals surface area contributed by atoms with Gasteiger partial charge in [-0.1, -0.05) is 6.92 Å². The van der Waals surface area contributed by atoms with Crippen LogP contribution in [-0.2, 0) is 14.3 Å². The van der Waals surface area contributed by atoms with Crippen LogP contribution in [0, 0.1) is 11.3 Å². The largest absolute Gasteiger partial charge is 0.441 e. The number of rotatable bonds is 4. The van der Waals surface area contributed by atoms with Crippen LogP contribution in [0.3, 0.4) is 0 Å². The predicted molar refractivity (Wildman–Crippen MR) is 47.0 cm³/mol. The Bertz CT molecular complexity index is 204. The molecule has 2 aliphatic carbocycles. The molecule has 0 spiro atoms. The second-order valence-electron chi connectivity index (χ2n) is 4.53. The molecule has 0 heterocycles. The van der Waals surface area contributed by atoms with Crippen LogP contribution in [0.15, 0.2) is 0 Å². The number of fused-ring (bicyclic) bond motifs is 2. The highest BCUT2D eigenvalue weighted by atomic mass is 16.7. The molecule has 0 saturated heterocycles. The van der Waals surface area contributed by atoms with Crippen LogP contribution >= 0.6 is 0 Å². The number of hydrogen-bond acceptors (Lipinski definition) is 3. The third kappa shape index (κ3) is 1.57. The van der Waals surface area contributed by atoms with Crippen molar-refractivity contribution >= 4 is 6.47 Å². The first-order valence-electron chi connectivity index (χ1n) is 4.91. The van der Waals surface area contributed by atoms with Gasteiger partial charge in [0.15, 0.2) is 6.79 Å². The molecule has 2 saturated carbocycles. The average Bonchev–Trinajstić information content (AvgIpc) is 2.60. The van der Waals surface area contributed by atoms with Gasteiger partial charge in [-0.15, -0.1) is 0 Å². The van der Waals surface area contributed by atoms with Gasteiger partial charge < -0.3 is 9.47 Å². The van der Waals surface area contributed by atoms with E-state index >= 15 is 0 Å². The zero-order chi connectivity index (χ0) is 9.31. The Labute approximate surface area is 78.4 Å². The zero-order valence-electron chi connectivity index (χ0n) is 7.99. The van der Waals surface area contributed by atoms with E-state index in [1.165, 1.54) is 19.3 Å². The molecule has 3 atom stereocenters. The van der Waals surface area contributed by atoms with Crippen molar-refractivity contribution in [3.8, 4) is 0 Å². The third-order valence-corrected chi connectivity index (χ3v) is 3.61. The van der Waals surface area contributed by atoms with Crippen molar-refractivity contribution in [2.45, 2.75) is 38.7 Å².